The summed E-state index contributed by atoms with van der Waals surface area (Å²) in [4.78, 5) is 16.9. The maximum absolute atomic E-state index is 13.0. The minimum Gasteiger partial charge on any atom is -0.381 e. The van der Waals surface area contributed by atoms with Crippen LogP contribution in [0.1, 0.15) is 18.4 Å². The molecule has 2 aromatic rings. The zero-order chi connectivity index (χ0) is 15.4. The second-order valence-electron chi connectivity index (χ2n) is 5.39. The summed E-state index contributed by atoms with van der Waals surface area (Å²) in [7, 11) is 0. The van der Waals surface area contributed by atoms with Crippen LogP contribution in [0, 0.1) is 0 Å². The molecule has 1 aromatic heterocycles. The van der Waals surface area contributed by atoms with E-state index in [0.717, 1.165) is 11.3 Å². The average Bonchev–Trinajstić information content (AvgIpc) is 2.57. The molecule has 0 unspecified atom stereocenters. The quantitative estimate of drug-likeness (QED) is 0.944. The van der Waals surface area contributed by atoms with Crippen LogP contribution in [-0.2, 0) is 14.9 Å². The monoisotopic (exact) mass is 316 g/mol. The summed E-state index contributed by atoms with van der Waals surface area (Å²) >= 11 is 5.97. The molecule has 0 spiro atoms. The van der Waals surface area contributed by atoms with Crippen molar-refractivity contribution in [2.24, 2.45) is 0 Å². The van der Waals surface area contributed by atoms with Gasteiger partial charge in [-0.2, -0.15) is 0 Å². The van der Waals surface area contributed by atoms with Crippen molar-refractivity contribution in [2.45, 2.75) is 18.3 Å². The summed E-state index contributed by atoms with van der Waals surface area (Å²) < 4.78 is 5.45. The molecule has 0 atom stereocenters. The molecule has 0 saturated carbocycles. The summed E-state index contributed by atoms with van der Waals surface area (Å²) in [5.74, 6) is -0.00989. The first-order valence-corrected chi connectivity index (χ1v) is 7.64. The van der Waals surface area contributed by atoms with E-state index in [-0.39, 0.29) is 5.91 Å². The van der Waals surface area contributed by atoms with E-state index in [1.54, 1.807) is 24.5 Å². The molecule has 3 rings (SSSR count). The molecular formula is C17H17ClN2O2. The van der Waals surface area contributed by atoms with Crippen LogP contribution in [0.3, 0.4) is 0 Å². The number of halogens is 1. The Balaban J connectivity index is 1.91. The van der Waals surface area contributed by atoms with Crippen LogP contribution < -0.4 is 5.32 Å². The van der Waals surface area contributed by atoms with E-state index < -0.39 is 5.41 Å². The third-order valence-electron chi connectivity index (χ3n) is 4.12. The van der Waals surface area contributed by atoms with E-state index in [1.807, 2.05) is 24.3 Å². The van der Waals surface area contributed by atoms with E-state index >= 15 is 0 Å². The van der Waals surface area contributed by atoms with Crippen LogP contribution in [0.4, 0.5) is 5.69 Å². The number of rotatable bonds is 3. The van der Waals surface area contributed by atoms with Crippen molar-refractivity contribution in [3.63, 3.8) is 0 Å². The van der Waals surface area contributed by atoms with Gasteiger partial charge in [0.05, 0.1) is 5.41 Å². The highest BCUT2D eigenvalue weighted by Gasteiger charge is 2.41. The number of pyridine rings is 1. The van der Waals surface area contributed by atoms with Gasteiger partial charge in [0, 0.05) is 36.3 Å². The van der Waals surface area contributed by atoms with Gasteiger partial charge >= 0.3 is 0 Å². The molecule has 0 aliphatic carbocycles. The van der Waals surface area contributed by atoms with Crippen LogP contribution in [0.25, 0.3) is 0 Å². The molecule has 0 radical (unpaired) electrons. The molecule has 1 fully saturated rings. The topological polar surface area (TPSA) is 51.2 Å². The number of hydrogen-bond acceptors (Lipinski definition) is 3. The second kappa shape index (κ2) is 6.46. The largest absolute Gasteiger partial charge is 0.381 e. The molecule has 1 aliphatic rings. The van der Waals surface area contributed by atoms with E-state index in [0.29, 0.717) is 31.1 Å². The predicted octanol–water partition coefficient (Wildman–Crippen LogP) is 3.42. The minimum atomic E-state index is -0.577. The van der Waals surface area contributed by atoms with E-state index in [9.17, 15) is 4.79 Å². The van der Waals surface area contributed by atoms with Crippen LogP contribution >= 0.6 is 11.6 Å². The number of benzene rings is 1. The third-order valence-corrected chi connectivity index (χ3v) is 4.37. The lowest BCUT2D eigenvalue weighted by Crippen LogP contribution is -2.44. The molecule has 1 saturated heterocycles. The van der Waals surface area contributed by atoms with Crippen LogP contribution in [0.2, 0.25) is 5.02 Å². The number of amides is 1. The van der Waals surface area contributed by atoms with Crippen molar-refractivity contribution in [2.75, 3.05) is 18.5 Å². The first-order valence-electron chi connectivity index (χ1n) is 7.26. The summed E-state index contributed by atoms with van der Waals surface area (Å²) in [6.07, 6.45) is 4.64. The zero-order valence-electron chi connectivity index (χ0n) is 12.1. The molecule has 114 valence electrons. The Kier molecular flexibility index (Phi) is 4.41. The molecule has 1 N–H and O–H groups in total. The van der Waals surface area contributed by atoms with E-state index in [4.69, 9.17) is 16.3 Å². The molecule has 0 bridgehead atoms. The maximum Gasteiger partial charge on any atom is 0.235 e. The third kappa shape index (κ3) is 2.98. The number of hydrogen-bond donors (Lipinski definition) is 1. The molecule has 1 aliphatic heterocycles. The fraction of sp³-hybridized carbons (Fsp3) is 0.294. The lowest BCUT2D eigenvalue weighted by atomic mass is 9.73. The van der Waals surface area contributed by atoms with Crippen molar-refractivity contribution in [3.05, 3.63) is 59.4 Å². The van der Waals surface area contributed by atoms with Gasteiger partial charge in [0.15, 0.2) is 0 Å². The number of nitrogens with one attached hydrogen (secondary N) is 1. The Bertz CT molecular complexity index is 637. The number of carbonyl (C=O) groups is 1. The Morgan fingerprint density at radius 2 is 1.73 bits per heavy atom. The van der Waals surface area contributed by atoms with Gasteiger partial charge in [-0.05, 0) is 42.7 Å². The van der Waals surface area contributed by atoms with Gasteiger partial charge in [-0.3, -0.25) is 9.78 Å². The Morgan fingerprint density at radius 1 is 1.09 bits per heavy atom. The van der Waals surface area contributed by atoms with Crippen LogP contribution in [-0.4, -0.2) is 24.1 Å². The van der Waals surface area contributed by atoms with Crippen molar-refractivity contribution in [3.8, 4) is 0 Å². The summed E-state index contributed by atoms with van der Waals surface area (Å²) in [6, 6.07) is 11.1. The Hall–Kier alpha value is -1.91. The fourth-order valence-corrected chi connectivity index (χ4v) is 2.95. The van der Waals surface area contributed by atoms with Crippen molar-refractivity contribution in [1.29, 1.82) is 0 Å². The number of anilines is 1. The normalized spacial score (nSPS) is 17.0. The van der Waals surface area contributed by atoms with E-state index in [2.05, 4.69) is 10.3 Å². The SMILES string of the molecule is O=C(Nc1ccncc1)C1(c2ccc(Cl)cc2)CCOCC1. The average molecular weight is 317 g/mol. The first-order chi connectivity index (χ1) is 10.7. The van der Waals surface area contributed by atoms with Gasteiger partial charge in [-0.15, -0.1) is 0 Å². The smallest absolute Gasteiger partial charge is 0.235 e. The number of aromatic nitrogens is 1. The van der Waals surface area contributed by atoms with Gasteiger partial charge in [-0.25, -0.2) is 0 Å². The number of nitrogens with zero attached hydrogens (tertiary/aromatic N) is 1. The zero-order valence-corrected chi connectivity index (χ0v) is 12.8. The molecule has 2 heterocycles. The standard InChI is InChI=1S/C17H17ClN2O2/c18-14-3-1-13(2-4-14)17(7-11-22-12-8-17)16(21)20-15-5-9-19-10-6-15/h1-6,9-10H,7-8,11-12H2,(H,19,20,21). The minimum absolute atomic E-state index is 0.00989. The Morgan fingerprint density at radius 3 is 2.36 bits per heavy atom. The second-order valence-corrected chi connectivity index (χ2v) is 5.83. The van der Waals surface area contributed by atoms with Gasteiger partial charge < -0.3 is 10.1 Å². The summed E-state index contributed by atoms with van der Waals surface area (Å²) in [6.45, 7) is 1.15. The van der Waals surface area contributed by atoms with Gasteiger partial charge in [0.2, 0.25) is 5.91 Å². The number of ether oxygens (including phenoxy) is 1. The highest BCUT2D eigenvalue weighted by Crippen LogP contribution is 2.36. The molecular weight excluding hydrogens is 300 g/mol. The van der Waals surface area contributed by atoms with Crippen LogP contribution in [0.15, 0.2) is 48.8 Å². The van der Waals surface area contributed by atoms with Gasteiger partial charge in [0.1, 0.15) is 0 Å². The fourth-order valence-electron chi connectivity index (χ4n) is 2.82. The lowest BCUT2D eigenvalue weighted by molar-refractivity contribution is -0.125. The van der Waals surface area contributed by atoms with Crippen molar-refractivity contribution < 1.29 is 9.53 Å². The highest BCUT2D eigenvalue weighted by atomic mass is 35.5. The van der Waals surface area contributed by atoms with Gasteiger partial charge in [0.25, 0.3) is 0 Å². The highest BCUT2D eigenvalue weighted by molar-refractivity contribution is 6.30. The summed E-state index contributed by atoms with van der Waals surface area (Å²) in [5.41, 5.74) is 1.15. The van der Waals surface area contributed by atoms with E-state index in [1.165, 1.54) is 0 Å². The predicted molar refractivity (Wildman–Crippen MR) is 86.0 cm³/mol. The Labute approximate surface area is 134 Å². The van der Waals surface area contributed by atoms with Crippen molar-refractivity contribution >= 4 is 23.2 Å². The molecule has 1 amide bonds. The van der Waals surface area contributed by atoms with Crippen LogP contribution in [0.5, 0.6) is 0 Å². The molecule has 1 aromatic carbocycles. The maximum atomic E-state index is 13.0. The van der Waals surface area contributed by atoms with Crippen molar-refractivity contribution in [1.82, 2.24) is 4.98 Å². The summed E-state index contributed by atoms with van der Waals surface area (Å²) in [5, 5.41) is 3.67. The molecule has 22 heavy (non-hydrogen) atoms. The lowest BCUT2D eigenvalue weighted by Gasteiger charge is -2.36. The molecule has 5 heteroatoms. The molecule has 4 nitrogen and oxygen atoms in total. The number of carbonyl (C=O) groups excluding carboxylic acids is 1. The first kappa shape index (κ1) is 15.0. The van der Waals surface area contributed by atoms with Gasteiger partial charge in [-0.1, -0.05) is 23.7 Å².